The SMILES string of the molecule is Cc1ccc(CN2C(=O)NC3(CCN(C(=O)c4cccn4C)CC3)C2=O)cc1. The number of imide groups is 1. The lowest BCUT2D eigenvalue weighted by Gasteiger charge is -2.37. The number of amides is 4. The van der Waals surface area contributed by atoms with Crippen molar-refractivity contribution in [2.75, 3.05) is 13.1 Å². The highest BCUT2D eigenvalue weighted by atomic mass is 16.2. The molecular formula is C21H24N4O3. The number of aryl methyl sites for hydroxylation is 2. The van der Waals surface area contributed by atoms with Gasteiger partial charge in [0.1, 0.15) is 11.2 Å². The van der Waals surface area contributed by atoms with E-state index in [1.54, 1.807) is 15.5 Å². The van der Waals surface area contributed by atoms with Gasteiger partial charge in [-0.2, -0.15) is 0 Å². The van der Waals surface area contributed by atoms with Gasteiger partial charge in [-0.25, -0.2) is 4.79 Å². The third-order valence-corrected chi connectivity index (χ3v) is 5.77. The number of benzene rings is 1. The Bertz CT molecular complexity index is 923. The van der Waals surface area contributed by atoms with E-state index in [2.05, 4.69) is 5.32 Å². The summed E-state index contributed by atoms with van der Waals surface area (Å²) in [6, 6.07) is 11.1. The second-order valence-corrected chi connectivity index (χ2v) is 7.69. The van der Waals surface area contributed by atoms with Gasteiger partial charge in [0, 0.05) is 26.3 Å². The van der Waals surface area contributed by atoms with Gasteiger partial charge >= 0.3 is 6.03 Å². The van der Waals surface area contributed by atoms with Crippen molar-refractivity contribution in [2.24, 2.45) is 7.05 Å². The number of hydrogen-bond acceptors (Lipinski definition) is 3. The predicted octanol–water partition coefficient (Wildman–Crippen LogP) is 2.06. The fourth-order valence-corrected chi connectivity index (χ4v) is 3.97. The molecular weight excluding hydrogens is 356 g/mol. The normalized spacial score (nSPS) is 18.6. The molecule has 2 aliphatic heterocycles. The molecule has 28 heavy (non-hydrogen) atoms. The number of aromatic nitrogens is 1. The molecule has 2 aromatic rings. The standard InChI is InChI=1S/C21H24N4O3/c1-15-5-7-16(8-6-15)14-25-19(27)21(22-20(25)28)9-12-24(13-10-21)18(26)17-4-3-11-23(17)2/h3-8,11H,9-10,12-14H2,1-2H3,(H,22,28). The molecule has 146 valence electrons. The molecule has 1 aromatic heterocycles. The largest absolute Gasteiger partial charge is 0.347 e. The van der Waals surface area contributed by atoms with Crippen LogP contribution >= 0.6 is 0 Å². The first kappa shape index (κ1) is 18.3. The van der Waals surface area contributed by atoms with Gasteiger partial charge in [0.15, 0.2) is 0 Å². The van der Waals surface area contributed by atoms with Gasteiger partial charge < -0.3 is 14.8 Å². The minimum Gasteiger partial charge on any atom is -0.347 e. The number of nitrogens with zero attached hydrogens (tertiary/aromatic N) is 3. The van der Waals surface area contributed by atoms with E-state index in [-0.39, 0.29) is 24.4 Å². The monoisotopic (exact) mass is 380 g/mol. The summed E-state index contributed by atoms with van der Waals surface area (Å²) in [7, 11) is 1.84. The molecule has 2 fully saturated rings. The maximum Gasteiger partial charge on any atom is 0.325 e. The van der Waals surface area contributed by atoms with Crippen LogP contribution in [0.25, 0.3) is 0 Å². The molecule has 0 aliphatic carbocycles. The summed E-state index contributed by atoms with van der Waals surface area (Å²) in [4.78, 5) is 41.3. The summed E-state index contributed by atoms with van der Waals surface area (Å²) in [6.45, 7) is 3.14. The van der Waals surface area contributed by atoms with Crippen LogP contribution in [0.3, 0.4) is 0 Å². The zero-order valence-electron chi connectivity index (χ0n) is 16.1. The maximum atomic E-state index is 13.1. The lowest BCUT2D eigenvalue weighted by Crippen LogP contribution is -2.56. The number of carbonyl (C=O) groups excluding carboxylic acids is 3. The number of hydrogen-bond donors (Lipinski definition) is 1. The Morgan fingerprint density at radius 3 is 2.39 bits per heavy atom. The fourth-order valence-electron chi connectivity index (χ4n) is 3.97. The zero-order chi connectivity index (χ0) is 19.9. The van der Waals surface area contributed by atoms with Crippen molar-refractivity contribution in [3.8, 4) is 0 Å². The summed E-state index contributed by atoms with van der Waals surface area (Å²) in [5, 5.41) is 2.90. The van der Waals surface area contributed by atoms with Crippen LogP contribution in [0.2, 0.25) is 0 Å². The van der Waals surface area contributed by atoms with Crippen molar-refractivity contribution < 1.29 is 14.4 Å². The highest BCUT2D eigenvalue weighted by Crippen LogP contribution is 2.31. The Morgan fingerprint density at radius 1 is 1.11 bits per heavy atom. The second-order valence-electron chi connectivity index (χ2n) is 7.69. The number of nitrogens with one attached hydrogen (secondary N) is 1. The van der Waals surface area contributed by atoms with Crippen molar-refractivity contribution in [1.29, 1.82) is 0 Å². The Balaban J connectivity index is 1.44. The van der Waals surface area contributed by atoms with Gasteiger partial charge in [0.25, 0.3) is 11.8 Å². The third-order valence-electron chi connectivity index (χ3n) is 5.77. The molecule has 2 aliphatic rings. The van der Waals surface area contributed by atoms with E-state index in [1.807, 2.05) is 50.5 Å². The maximum absolute atomic E-state index is 13.1. The Hall–Kier alpha value is -3.09. The van der Waals surface area contributed by atoms with Crippen LogP contribution in [-0.4, -0.2) is 50.8 Å². The molecule has 7 heteroatoms. The summed E-state index contributed by atoms with van der Waals surface area (Å²) >= 11 is 0. The number of urea groups is 1. The van der Waals surface area contributed by atoms with Gasteiger partial charge in [0.2, 0.25) is 0 Å². The smallest absolute Gasteiger partial charge is 0.325 e. The van der Waals surface area contributed by atoms with E-state index >= 15 is 0 Å². The molecule has 4 rings (SSSR count). The van der Waals surface area contributed by atoms with E-state index < -0.39 is 5.54 Å². The molecule has 0 saturated carbocycles. The first-order valence-electron chi connectivity index (χ1n) is 9.50. The molecule has 1 spiro atoms. The van der Waals surface area contributed by atoms with Crippen molar-refractivity contribution in [3.63, 3.8) is 0 Å². The highest BCUT2D eigenvalue weighted by Gasteiger charge is 2.52. The van der Waals surface area contributed by atoms with Crippen LogP contribution in [0.4, 0.5) is 4.79 Å². The van der Waals surface area contributed by atoms with E-state index in [9.17, 15) is 14.4 Å². The Kier molecular flexibility index (Phi) is 4.45. The third kappa shape index (κ3) is 3.06. The van der Waals surface area contributed by atoms with E-state index in [0.29, 0.717) is 31.6 Å². The minimum atomic E-state index is -0.896. The quantitative estimate of drug-likeness (QED) is 0.829. The molecule has 1 N–H and O–H groups in total. The first-order valence-corrected chi connectivity index (χ1v) is 9.50. The average Bonchev–Trinajstić information content (AvgIpc) is 3.21. The Morgan fingerprint density at radius 2 is 1.79 bits per heavy atom. The minimum absolute atomic E-state index is 0.0457. The summed E-state index contributed by atoms with van der Waals surface area (Å²) in [5.74, 6) is -0.236. The molecule has 3 heterocycles. The molecule has 0 radical (unpaired) electrons. The van der Waals surface area contributed by atoms with Crippen LogP contribution in [-0.2, 0) is 18.4 Å². The average molecular weight is 380 g/mol. The van der Waals surface area contributed by atoms with Gasteiger partial charge in [0.05, 0.1) is 6.54 Å². The van der Waals surface area contributed by atoms with Gasteiger partial charge in [-0.15, -0.1) is 0 Å². The van der Waals surface area contributed by atoms with Crippen LogP contribution in [0.5, 0.6) is 0 Å². The lowest BCUT2D eigenvalue weighted by atomic mass is 9.87. The molecule has 0 atom stereocenters. The molecule has 4 amide bonds. The molecule has 7 nitrogen and oxygen atoms in total. The van der Waals surface area contributed by atoms with E-state index in [0.717, 1.165) is 11.1 Å². The van der Waals surface area contributed by atoms with Crippen LogP contribution < -0.4 is 5.32 Å². The van der Waals surface area contributed by atoms with Crippen molar-refractivity contribution in [1.82, 2.24) is 19.7 Å². The molecule has 1 aromatic carbocycles. The summed E-state index contributed by atoms with van der Waals surface area (Å²) < 4.78 is 1.79. The molecule has 0 bridgehead atoms. The van der Waals surface area contributed by atoms with Crippen LogP contribution in [0.15, 0.2) is 42.6 Å². The lowest BCUT2D eigenvalue weighted by molar-refractivity contribution is -0.133. The summed E-state index contributed by atoms with van der Waals surface area (Å²) in [6.07, 6.45) is 2.69. The Labute approximate surface area is 163 Å². The van der Waals surface area contributed by atoms with Gasteiger partial charge in [-0.05, 0) is 37.5 Å². The van der Waals surface area contributed by atoms with Crippen LogP contribution in [0.1, 0.15) is 34.5 Å². The number of rotatable bonds is 3. The number of piperidine rings is 1. The van der Waals surface area contributed by atoms with Crippen LogP contribution in [0, 0.1) is 6.92 Å². The first-order chi connectivity index (χ1) is 13.4. The van der Waals surface area contributed by atoms with E-state index in [4.69, 9.17) is 0 Å². The van der Waals surface area contributed by atoms with Crippen molar-refractivity contribution >= 4 is 17.8 Å². The second kappa shape index (κ2) is 6.82. The van der Waals surface area contributed by atoms with Gasteiger partial charge in [-0.1, -0.05) is 29.8 Å². The number of likely N-dealkylation sites (tertiary alicyclic amines) is 1. The van der Waals surface area contributed by atoms with E-state index in [1.165, 1.54) is 4.90 Å². The predicted molar refractivity (Wildman–Crippen MR) is 104 cm³/mol. The molecule has 0 unspecified atom stereocenters. The fraction of sp³-hybridized carbons (Fsp3) is 0.381. The summed E-state index contributed by atoms with van der Waals surface area (Å²) in [5.41, 5.74) is 1.78. The number of carbonyl (C=O) groups is 3. The van der Waals surface area contributed by atoms with Crippen molar-refractivity contribution in [2.45, 2.75) is 31.8 Å². The zero-order valence-corrected chi connectivity index (χ0v) is 16.1. The highest BCUT2D eigenvalue weighted by molar-refractivity contribution is 6.07. The topological polar surface area (TPSA) is 74.7 Å². The molecule has 2 saturated heterocycles. The van der Waals surface area contributed by atoms with Crippen molar-refractivity contribution in [3.05, 3.63) is 59.4 Å². The van der Waals surface area contributed by atoms with Gasteiger partial charge in [-0.3, -0.25) is 14.5 Å².